The van der Waals surface area contributed by atoms with E-state index >= 15 is 0 Å². The molecule has 2 heterocycles. The van der Waals surface area contributed by atoms with Crippen molar-refractivity contribution in [3.63, 3.8) is 0 Å². The molecule has 0 N–H and O–H groups in total. The molecule has 0 radical (unpaired) electrons. The van der Waals surface area contributed by atoms with Gasteiger partial charge in [0.1, 0.15) is 10.7 Å². The van der Waals surface area contributed by atoms with Crippen LogP contribution < -0.4 is 9.80 Å². The summed E-state index contributed by atoms with van der Waals surface area (Å²) in [5.74, 6) is -0.857. The first kappa shape index (κ1) is 23.7. The van der Waals surface area contributed by atoms with Crippen molar-refractivity contribution in [2.45, 2.75) is 49.7 Å². The maximum absolute atomic E-state index is 14.0. The minimum absolute atomic E-state index is 0.0426. The zero-order valence-electron chi connectivity index (χ0n) is 18.6. The van der Waals surface area contributed by atoms with Crippen LogP contribution in [0.15, 0.2) is 29.3 Å². The zero-order chi connectivity index (χ0) is 24.1. The quantitative estimate of drug-likeness (QED) is 0.589. The lowest BCUT2D eigenvalue weighted by atomic mass is 9.99. The van der Waals surface area contributed by atoms with Gasteiger partial charge in [-0.25, -0.2) is 22.8 Å². The molecule has 33 heavy (non-hydrogen) atoms. The molecule has 2 aromatic rings. The Morgan fingerprint density at radius 3 is 2.42 bits per heavy atom. The predicted octanol–water partition coefficient (Wildman–Crippen LogP) is 4.27. The minimum Gasteiger partial charge on any atom is -0.368 e. The summed E-state index contributed by atoms with van der Waals surface area (Å²) < 4.78 is 78.9. The van der Waals surface area contributed by atoms with Crippen molar-refractivity contribution >= 4 is 21.5 Å². The topological polar surface area (TPSA) is 66.4 Å². The second-order valence-electron chi connectivity index (χ2n) is 9.08. The van der Waals surface area contributed by atoms with Gasteiger partial charge in [-0.3, -0.25) is 0 Å². The van der Waals surface area contributed by atoms with Crippen LogP contribution in [0.5, 0.6) is 0 Å². The summed E-state index contributed by atoms with van der Waals surface area (Å²) in [5, 5.41) is 0. The van der Waals surface area contributed by atoms with E-state index in [1.807, 2.05) is 18.7 Å². The number of sulfone groups is 1. The summed E-state index contributed by atoms with van der Waals surface area (Å²) >= 11 is 0. The summed E-state index contributed by atoms with van der Waals surface area (Å²) in [6, 6.07) is 3.72. The smallest absolute Gasteiger partial charge is 0.368 e. The van der Waals surface area contributed by atoms with Crippen LogP contribution in [0.25, 0.3) is 0 Å². The minimum atomic E-state index is -4.55. The lowest BCUT2D eigenvalue weighted by Gasteiger charge is -2.44. The van der Waals surface area contributed by atoms with Crippen molar-refractivity contribution in [1.29, 1.82) is 0 Å². The van der Waals surface area contributed by atoms with Gasteiger partial charge in [-0.05, 0) is 42.9 Å². The van der Waals surface area contributed by atoms with Crippen LogP contribution in [0.4, 0.5) is 29.2 Å². The Bertz CT molecular complexity index is 1150. The molecule has 0 amide bonds. The molecular formula is C22H26F4N4O2S. The lowest BCUT2D eigenvalue weighted by Crippen LogP contribution is -2.56. The highest BCUT2D eigenvalue weighted by atomic mass is 32.2. The van der Waals surface area contributed by atoms with Crippen molar-refractivity contribution in [2.75, 3.05) is 35.7 Å². The van der Waals surface area contributed by atoms with E-state index in [-0.39, 0.29) is 34.3 Å². The fourth-order valence-corrected chi connectivity index (χ4v) is 5.03. The van der Waals surface area contributed by atoms with Crippen molar-refractivity contribution < 1.29 is 26.0 Å². The van der Waals surface area contributed by atoms with Gasteiger partial charge >= 0.3 is 6.18 Å². The first-order valence-corrected chi connectivity index (χ1v) is 12.7. The van der Waals surface area contributed by atoms with Gasteiger partial charge in [-0.15, -0.1) is 0 Å². The molecular weight excluding hydrogens is 460 g/mol. The van der Waals surface area contributed by atoms with Gasteiger partial charge in [-0.1, -0.05) is 13.8 Å². The molecule has 1 saturated carbocycles. The van der Waals surface area contributed by atoms with Crippen LogP contribution in [0.1, 0.15) is 43.9 Å². The average Bonchev–Trinajstić information content (AvgIpc) is 3.57. The largest absolute Gasteiger partial charge is 0.433 e. The summed E-state index contributed by atoms with van der Waals surface area (Å²) in [6.07, 6.45) is -0.866. The molecule has 1 aromatic heterocycles. The first-order chi connectivity index (χ1) is 15.4. The first-order valence-electron chi connectivity index (χ1n) is 10.8. The number of alkyl halides is 3. The fourth-order valence-electron chi connectivity index (χ4n) is 4.28. The molecule has 1 aliphatic heterocycles. The predicted molar refractivity (Wildman–Crippen MR) is 117 cm³/mol. The van der Waals surface area contributed by atoms with Crippen molar-refractivity contribution in [1.82, 2.24) is 9.97 Å². The molecule has 2 aliphatic rings. The van der Waals surface area contributed by atoms with E-state index in [0.29, 0.717) is 38.2 Å². The van der Waals surface area contributed by atoms with Gasteiger partial charge in [0.15, 0.2) is 15.5 Å². The number of hydrogen-bond donors (Lipinski definition) is 0. The molecule has 0 spiro atoms. The Morgan fingerprint density at radius 1 is 1.15 bits per heavy atom. The summed E-state index contributed by atoms with van der Waals surface area (Å²) in [6.45, 7) is 5.05. The van der Waals surface area contributed by atoms with Gasteiger partial charge in [0.05, 0.1) is 6.04 Å². The molecule has 1 atom stereocenters. The van der Waals surface area contributed by atoms with Crippen molar-refractivity contribution in [2.24, 2.45) is 5.92 Å². The summed E-state index contributed by atoms with van der Waals surface area (Å²) in [4.78, 5) is 11.6. The molecule has 11 heteroatoms. The highest BCUT2D eigenvalue weighted by Crippen LogP contribution is 2.45. The maximum Gasteiger partial charge on any atom is 0.433 e. The molecule has 4 rings (SSSR count). The summed E-state index contributed by atoms with van der Waals surface area (Å²) in [5.41, 5.74) is -0.162. The number of aromatic nitrogens is 2. The fraction of sp³-hybridized carbons (Fsp3) is 0.545. The third-order valence-electron chi connectivity index (χ3n) is 6.21. The average molecular weight is 487 g/mol. The van der Waals surface area contributed by atoms with Gasteiger partial charge in [0.25, 0.3) is 0 Å². The Labute approximate surface area is 190 Å². The molecule has 6 nitrogen and oxygen atoms in total. The van der Waals surface area contributed by atoms with Crippen LogP contribution >= 0.6 is 0 Å². The van der Waals surface area contributed by atoms with E-state index in [1.54, 1.807) is 4.90 Å². The van der Waals surface area contributed by atoms with Gasteiger partial charge in [-0.2, -0.15) is 13.2 Å². The number of hydrogen-bond acceptors (Lipinski definition) is 6. The highest BCUT2D eigenvalue weighted by molar-refractivity contribution is 7.90. The van der Waals surface area contributed by atoms with Gasteiger partial charge in [0.2, 0.25) is 5.95 Å². The SMILES string of the molecule is CC(C)C1CN(c2ccc(F)c(S(C)(=O)=O)c2)CCN1c1ncc(C2CC2)c(C(F)(F)F)n1. The Balaban J connectivity index is 1.64. The molecule has 2 fully saturated rings. The molecule has 0 bridgehead atoms. The van der Waals surface area contributed by atoms with E-state index in [9.17, 15) is 26.0 Å². The van der Waals surface area contributed by atoms with Crippen molar-refractivity contribution in [3.8, 4) is 0 Å². The Morgan fingerprint density at radius 2 is 1.85 bits per heavy atom. The van der Waals surface area contributed by atoms with Gasteiger partial charge < -0.3 is 9.80 Å². The number of halogens is 4. The number of rotatable bonds is 5. The molecule has 1 aromatic carbocycles. The van der Waals surface area contributed by atoms with E-state index in [2.05, 4.69) is 9.97 Å². The maximum atomic E-state index is 14.0. The van der Waals surface area contributed by atoms with Crippen molar-refractivity contribution in [3.05, 3.63) is 41.5 Å². The molecule has 1 unspecified atom stereocenters. The van der Waals surface area contributed by atoms with Crippen LogP contribution in [0.3, 0.4) is 0 Å². The summed E-state index contributed by atoms with van der Waals surface area (Å²) in [7, 11) is -3.74. The van der Waals surface area contributed by atoms with E-state index < -0.39 is 27.5 Å². The van der Waals surface area contributed by atoms with Crippen LogP contribution in [-0.4, -0.2) is 50.3 Å². The van der Waals surface area contributed by atoms with Gasteiger partial charge in [0, 0.05) is 43.3 Å². The highest BCUT2D eigenvalue weighted by Gasteiger charge is 2.41. The van der Waals surface area contributed by atoms with E-state index in [1.165, 1.54) is 18.3 Å². The molecule has 1 saturated heterocycles. The third-order valence-corrected chi connectivity index (χ3v) is 7.33. The van der Waals surface area contributed by atoms with E-state index in [0.717, 1.165) is 12.3 Å². The zero-order valence-corrected chi connectivity index (χ0v) is 19.4. The molecule has 1 aliphatic carbocycles. The number of anilines is 2. The molecule has 180 valence electrons. The Hall–Kier alpha value is -2.43. The lowest BCUT2D eigenvalue weighted by molar-refractivity contribution is -0.141. The monoisotopic (exact) mass is 486 g/mol. The van der Waals surface area contributed by atoms with Crippen LogP contribution in [0, 0.1) is 11.7 Å². The number of nitrogens with zero attached hydrogens (tertiary/aromatic N) is 4. The van der Waals surface area contributed by atoms with E-state index in [4.69, 9.17) is 0 Å². The third kappa shape index (κ3) is 4.92. The number of benzene rings is 1. The van der Waals surface area contributed by atoms with Crippen LogP contribution in [-0.2, 0) is 16.0 Å². The second-order valence-corrected chi connectivity index (χ2v) is 11.1. The number of piperazine rings is 1. The Kier molecular flexibility index (Phi) is 6.05. The normalized spacial score (nSPS) is 19.9. The standard InChI is InChI=1S/C22H26F4N4O2S/c1-13(2)18-12-29(15-6-7-17(23)19(10-15)33(3,31)32)8-9-30(18)21-27-11-16(14-4-5-14)20(28-21)22(24,25)26/h6-7,10-11,13-14,18H,4-5,8-9,12H2,1-3H3. The second kappa shape index (κ2) is 8.41. The van der Waals surface area contributed by atoms with Crippen LogP contribution in [0.2, 0.25) is 0 Å².